The summed E-state index contributed by atoms with van der Waals surface area (Å²) in [5.41, 5.74) is 6.05. The number of carbonyl (C=O) groups is 1. The smallest absolute Gasteiger partial charge is 0.223 e. The van der Waals surface area contributed by atoms with E-state index in [9.17, 15) is 4.79 Å². The molecule has 1 aliphatic heterocycles. The van der Waals surface area contributed by atoms with Crippen LogP contribution in [-0.4, -0.2) is 29.9 Å². The molecule has 2 aliphatic rings. The van der Waals surface area contributed by atoms with Crippen LogP contribution in [0.15, 0.2) is 0 Å². The molecule has 0 aromatic rings. The monoisotopic (exact) mass is 210 g/mol. The molecule has 1 heterocycles. The molecule has 0 bridgehead atoms. The number of rotatable bonds is 2. The summed E-state index contributed by atoms with van der Waals surface area (Å²) in [6, 6.07) is 0.490. The van der Waals surface area contributed by atoms with E-state index in [-0.39, 0.29) is 0 Å². The summed E-state index contributed by atoms with van der Waals surface area (Å²) in [6.07, 6.45) is 4.26. The number of nitrogens with zero attached hydrogens (tertiary/aromatic N) is 1. The number of nitrogens with two attached hydrogens (primary N) is 1. The van der Waals surface area contributed by atoms with E-state index in [0.29, 0.717) is 36.2 Å². The van der Waals surface area contributed by atoms with Crippen LogP contribution >= 0.6 is 0 Å². The molecule has 1 aliphatic carbocycles. The first-order chi connectivity index (χ1) is 7.02. The molecule has 86 valence electrons. The Hall–Kier alpha value is -0.570. The zero-order valence-electron chi connectivity index (χ0n) is 9.83. The van der Waals surface area contributed by atoms with Gasteiger partial charge in [-0.15, -0.1) is 0 Å². The summed E-state index contributed by atoms with van der Waals surface area (Å²) >= 11 is 0. The van der Waals surface area contributed by atoms with E-state index in [1.165, 1.54) is 12.8 Å². The highest BCUT2D eigenvalue weighted by Gasteiger charge is 2.39. The lowest BCUT2D eigenvalue weighted by molar-refractivity contribution is -0.129. The van der Waals surface area contributed by atoms with Gasteiger partial charge in [-0.1, -0.05) is 13.8 Å². The molecule has 0 aromatic carbocycles. The molecule has 3 heteroatoms. The van der Waals surface area contributed by atoms with Crippen molar-refractivity contribution >= 4 is 5.91 Å². The van der Waals surface area contributed by atoms with Crippen LogP contribution < -0.4 is 5.73 Å². The molecule has 2 atom stereocenters. The van der Waals surface area contributed by atoms with E-state index in [0.717, 1.165) is 13.0 Å². The van der Waals surface area contributed by atoms with Crippen molar-refractivity contribution in [2.75, 3.05) is 13.1 Å². The van der Waals surface area contributed by atoms with Gasteiger partial charge >= 0.3 is 0 Å². The van der Waals surface area contributed by atoms with E-state index in [1.54, 1.807) is 0 Å². The number of carbonyl (C=O) groups excluding carboxylic acids is 1. The topological polar surface area (TPSA) is 46.3 Å². The van der Waals surface area contributed by atoms with Crippen LogP contribution in [0.25, 0.3) is 0 Å². The lowest BCUT2D eigenvalue weighted by atomic mass is 9.91. The average Bonchev–Trinajstić information content (AvgIpc) is 2.69. The maximum Gasteiger partial charge on any atom is 0.223 e. The van der Waals surface area contributed by atoms with Gasteiger partial charge in [0.2, 0.25) is 5.91 Å². The molecule has 0 aromatic heterocycles. The van der Waals surface area contributed by atoms with E-state index < -0.39 is 0 Å². The van der Waals surface area contributed by atoms with E-state index in [2.05, 4.69) is 18.7 Å². The third-order valence-corrected chi connectivity index (χ3v) is 3.96. The van der Waals surface area contributed by atoms with Crippen LogP contribution in [0.2, 0.25) is 0 Å². The summed E-state index contributed by atoms with van der Waals surface area (Å²) in [7, 11) is 0. The summed E-state index contributed by atoms with van der Waals surface area (Å²) in [5.74, 6) is 0.731. The maximum absolute atomic E-state index is 11.8. The maximum atomic E-state index is 11.8. The van der Waals surface area contributed by atoms with Gasteiger partial charge in [-0.2, -0.15) is 0 Å². The van der Waals surface area contributed by atoms with Crippen LogP contribution in [0.3, 0.4) is 0 Å². The standard InChI is InChI=1S/C12H22N2O/c1-12(2)4-3-10(6-12)14-8-9(7-13)5-11(14)15/h9-10H,3-8,13H2,1-2H3. The first-order valence-electron chi connectivity index (χ1n) is 6.01. The Morgan fingerprint density at radius 2 is 2.27 bits per heavy atom. The van der Waals surface area contributed by atoms with Crippen molar-refractivity contribution in [3.05, 3.63) is 0 Å². The van der Waals surface area contributed by atoms with Crippen molar-refractivity contribution in [3.8, 4) is 0 Å². The Balaban J connectivity index is 1.98. The predicted octanol–water partition coefficient (Wildman–Crippen LogP) is 1.37. The minimum atomic E-state index is 0.327. The van der Waals surface area contributed by atoms with Gasteiger partial charge in [0, 0.05) is 19.0 Å². The molecule has 0 spiro atoms. The molecule has 2 fully saturated rings. The Morgan fingerprint density at radius 3 is 2.73 bits per heavy atom. The third kappa shape index (κ3) is 2.17. The Kier molecular flexibility index (Phi) is 2.75. The molecular formula is C12H22N2O. The second kappa shape index (κ2) is 3.78. The van der Waals surface area contributed by atoms with Gasteiger partial charge in [-0.3, -0.25) is 4.79 Å². The van der Waals surface area contributed by atoms with Crippen molar-refractivity contribution in [2.24, 2.45) is 17.1 Å². The number of hydrogen-bond donors (Lipinski definition) is 1. The molecule has 3 nitrogen and oxygen atoms in total. The van der Waals surface area contributed by atoms with Gasteiger partial charge in [0.1, 0.15) is 0 Å². The van der Waals surface area contributed by atoms with E-state index in [4.69, 9.17) is 5.73 Å². The van der Waals surface area contributed by atoms with Crippen LogP contribution in [-0.2, 0) is 4.79 Å². The third-order valence-electron chi connectivity index (χ3n) is 3.96. The van der Waals surface area contributed by atoms with Crippen molar-refractivity contribution in [2.45, 2.75) is 45.6 Å². The van der Waals surface area contributed by atoms with E-state index >= 15 is 0 Å². The first kappa shape index (κ1) is 10.9. The Labute approximate surface area is 92.0 Å². The second-order valence-corrected chi connectivity index (χ2v) is 5.91. The SMILES string of the molecule is CC1(C)CCC(N2CC(CN)CC2=O)C1. The van der Waals surface area contributed by atoms with Gasteiger partial charge < -0.3 is 10.6 Å². The predicted molar refractivity (Wildman–Crippen MR) is 60.3 cm³/mol. The van der Waals surface area contributed by atoms with Crippen LogP contribution in [0.1, 0.15) is 39.5 Å². The average molecular weight is 210 g/mol. The number of amides is 1. The number of likely N-dealkylation sites (tertiary alicyclic amines) is 1. The minimum absolute atomic E-state index is 0.327. The van der Waals surface area contributed by atoms with Crippen molar-refractivity contribution < 1.29 is 4.79 Å². The molecule has 2 unspecified atom stereocenters. The summed E-state index contributed by atoms with van der Waals surface area (Å²) in [4.78, 5) is 13.9. The van der Waals surface area contributed by atoms with Crippen molar-refractivity contribution in [1.29, 1.82) is 0 Å². The first-order valence-corrected chi connectivity index (χ1v) is 6.01. The fraction of sp³-hybridized carbons (Fsp3) is 0.917. The molecular weight excluding hydrogens is 188 g/mol. The largest absolute Gasteiger partial charge is 0.339 e. The molecule has 1 saturated carbocycles. The Morgan fingerprint density at radius 1 is 1.53 bits per heavy atom. The molecule has 2 N–H and O–H groups in total. The van der Waals surface area contributed by atoms with Crippen LogP contribution in [0.5, 0.6) is 0 Å². The number of hydrogen-bond acceptors (Lipinski definition) is 2. The zero-order valence-corrected chi connectivity index (χ0v) is 9.83. The van der Waals surface area contributed by atoms with Gasteiger partial charge in [0.25, 0.3) is 0 Å². The van der Waals surface area contributed by atoms with Gasteiger partial charge in [-0.05, 0) is 37.1 Å². The van der Waals surface area contributed by atoms with Crippen LogP contribution in [0.4, 0.5) is 0 Å². The fourth-order valence-electron chi connectivity index (χ4n) is 2.98. The highest BCUT2D eigenvalue weighted by atomic mass is 16.2. The Bertz CT molecular complexity index is 262. The highest BCUT2D eigenvalue weighted by Crippen LogP contribution is 2.40. The molecule has 0 radical (unpaired) electrons. The van der Waals surface area contributed by atoms with Gasteiger partial charge in [0.15, 0.2) is 0 Å². The molecule has 1 amide bonds. The molecule has 2 rings (SSSR count). The minimum Gasteiger partial charge on any atom is -0.339 e. The highest BCUT2D eigenvalue weighted by molar-refractivity contribution is 5.79. The lowest BCUT2D eigenvalue weighted by Crippen LogP contribution is -2.35. The summed E-state index contributed by atoms with van der Waals surface area (Å²) < 4.78 is 0. The van der Waals surface area contributed by atoms with Gasteiger partial charge in [-0.25, -0.2) is 0 Å². The van der Waals surface area contributed by atoms with Crippen molar-refractivity contribution in [1.82, 2.24) is 4.90 Å². The molecule has 15 heavy (non-hydrogen) atoms. The van der Waals surface area contributed by atoms with Crippen LogP contribution in [0, 0.1) is 11.3 Å². The normalized spacial score (nSPS) is 35.1. The zero-order chi connectivity index (χ0) is 11.1. The van der Waals surface area contributed by atoms with E-state index in [1.807, 2.05) is 0 Å². The lowest BCUT2D eigenvalue weighted by Gasteiger charge is -2.26. The summed E-state index contributed by atoms with van der Waals surface area (Å²) in [5, 5.41) is 0. The second-order valence-electron chi connectivity index (χ2n) is 5.91. The summed E-state index contributed by atoms with van der Waals surface area (Å²) in [6.45, 7) is 6.15. The fourth-order valence-corrected chi connectivity index (χ4v) is 2.98. The van der Waals surface area contributed by atoms with Gasteiger partial charge in [0.05, 0.1) is 0 Å². The molecule has 1 saturated heterocycles. The van der Waals surface area contributed by atoms with Crippen molar-refractivity contribution in [3.63, 3.8) is 0 Å². The quantitative estimate of drug-likeness (QED) is 0.748.